The number of benzene rings is 1. The van der Waals surface area contributed by atoms with Gasteiger partial charge in [0.05, 0.1) is 12.7 Å². The molecule has 94 valence electrons. The number of ether oxygens (including phenoxy) is 1. The summed E-state index contributed by atoms with van der Waals surface area (Å²) in [5, 5.41) is 9.61. The molecule has 0 aliphatic carbocycles. The van der Waals surface area contributed by atoms with Crippen molar-refractivity contribution in [2.24, 2.45) is 0 Å². The maximum Gasteiger partial charge on any atom is 0.0966 e. The van der Waals surface area contributed by atoms with Crippen LogP contribution in [-0.4, -0.2) is 42.9 Å². The molecule has 1 aromatic carbocycles. The van der Waals surface area contributed by atoms with Gasteiger partial charge < -0.3 is 9.84 Å². The van der Waals surface area contributed by atoms with Gasteiger partial charge in [-0.2, -0.15) is 0 Å². The van der Waals surface area contributed by atoms with Crippen LogP contribution in [0.2, 0.25) is 5.02 Å². The fourth-order valence-electron chi connectivity index (χ4n) is 2.12. The minimum absolute atomic E-state index is 0.0520. The first-order chi connectivity index (χ1) is 8.31. The standard InChI is InChI=1S/C13H18ClNO2/c14-12-5-2-1-4-11(12)13-10-15(6-3-8-16)7-9-17-13/h1-2,4-5,13,16H,3,6-10H2. The minimum atomic E-state index is 0.0520. The average molecular weight is 256 g/mol. The molecule has 0 bridgehead atoms. The van der Waals surface area contributed by atoms with Crippen LogP contribution in [0.3, 0.4) is 0 Å². The maximum atomic E-state index is 8.84. The summed E-state index contributed by atoms with van der Waals surface area (Å²) >= 11 is 6.17. The molecule has 0 aromatic heterocycles. The topological polar surface area (TPSA) is 32.7 Å². The van der Waals surface area contributed by atoms with Gasteiger partial charge in [-0.15, -0.1) is 0 Å². The summed E-state index contributed by atoms with van der Waals surface area (Å²) in [4.78, 5) is 2.31. The van der Waals surface area contributed by atoms with Gasteiger partial charge in [0.15, 0.2) is 0 Å². The Morgan fingerprint density at radius 3 is 3.00 bits per heavy atom. The second kappa shape index (κ2) is 6.36. The van der Waals surface area contributed by atoms with Crippen molar-refractivity contribution in [3.8, 4) is 0 Å². The van der Waals surface area contributed by atoms with Crippen LogP contribution in [0.25, 0.3) is 0 Å². The molecule has 0 spiro atoms. The maximum absolute atomic E-state index is 8.84. The number of hydrogen-bond donors (Lipinski definition) is 1. The molecule has 2 rings (SSSR count). The van der Waals surface area contributed by atoms with Gasteiger partial charge >= 0.3 is 0 Å². The number of rotatable bonds is 4. The van der Waals surface area contributed by atoms with Crippen molar-refractivity contribution in [3.05, 3.63) is 34.9 Å². The zero-order valence-electron chi connectivity index (χ0n) is 9.81. The Balaban J connectivity index is 1.99. The molecule has 1 aliphatic heterocycles. The van der Waals surface area contributed by atoms with Crippen LogP contribution in [0, 0.1) is 0 Å². The third kappa shape index (κ3) is 3.42. The van der Waals surface area contributed by atoms with Crippen molar-refractivity contribution in [1.29, 1.82) is 0 Å². The lowest BCUT2D eigenvalue weighted by Gasteiger charge is -2.33. The summed E-state index contributed by atoms with van der Waals surface area (Å²) in [6.45, 7) is 3.67. The number of morpholine rings is 1. The second-order valence-corrected chi connectivity index (χ2v) is 4.67. The van der Waals surface area contributed by atoms with Gasteiger partial charge in [0.25, 0.3) is 0 Å². The first-order valence-electron chi connectivity index (χ1n) is 6.00. The third-order valence-corrected chi connectivity index (χ3v) is 3.38. The van der Waals surface area contributed by atoms with E-state index in [2.05, 4.69) is 4.90 Å². The Labute approximate surface area is 107 Å². The second-order valence-electron chi connectivity index (χ2n) is 4.26. The van der Waals surface area contributed by atoms with Crippen LogP contribution in [-0.2, 0) is 4.74 Å². The van der Waals surface area contributed by atoms with Crippen molar-refractivity contribution in [2.45, 2.75) is 12.5 Å². The van der Waals surface area contributed by atoms with Gasteiger partial charge in [-0.25, -0.2) is 0 Å². The van der Waals surface area contributed by atoms with Crippen LogP contribution in [0.15, 0.2) is 24.3 Å². The lowest BCUT2D eigenvalue weighted by atomic mass is 10.1. The molecule has 1 aliphatic rings. The first kappa shape index (κ1) is 12.8. The molecular formula is C13H18ClNO2. The van der Waals surface area contributed by atoms with Gasteiger partial charge in [-0.05, 0) is 12.5 Å². The number of hydrogen-bond acceptors (Lipinski definition) is 3. The number of aliphatic hydroxyl groups is 1. The monoisotopic (exact) mass is 255 g/mol. The molecular weight excluding hydrogens is 238 g/mol. The Morgan fingerprint density at radius 1 is 1.41 bits per heavy atom. The molecule has 17 heavy (non-hydrogen) atoms. The van der Waals surface area contributed by atoms with Gasteiger partial charge in [0, 0.05) is 36.8 Å². The van der Waals surface area contributed by atoms with E-state index in [1.807, 2.05) is 24.3 Å². The largest absolute Gasteiger partial charge is 0.396 e. The fraction of sp³-hybridized carbons (Fsp3) is 0.538. The SMILES string of the molecule is OCCCN1CCOC(c2ccccc2Cl)C1. The van der Waals surface area contributed by atoms with Gasteiger partial charge in [0.1, 0.15) is 0 Å². The highest BCUT2D eigenvalue weighted by atomic mass is 35.5. The molecule has 1 aromatic rings. The van der Waals surface area contributed by atoms with Crippen LogP contribution < -0.4 is 0 Å². The summed E-state index contributed by atoms with van der Waals surface area (Å²) in [5.41, 5.74) is 1.06. The Hall–Kier alpha value is -0.610. The van der Waals surface area contributed by atoms with Crippen molar-refractivity contribution in [2.75, 3.05) is 32.8 Å². The van der Waals surface area contributed by atoms with Crippen molar-refractivity contribution in [1.82, 2.24) is 4.90 Å². The summed E-state index contributed by atoms with van der Waals surface area (Å²) in [6.07, 6.45) is 0.867. The van der Waals surface area contributed by atoms with Crippen LogP contribution >= 0.6 is 11.6 Å². The van der Waals surface area contributed by atoms with E-state index in [1.54, 1.807) is 0 Å². The highest BCUT2D eigenvalue weighted by Crippen LogP contribution is 2.28. The van der Waals surface area contributed by atoms with Crippen molar-refractivity contribution in [3.63, 3.8) is 0 Å². The van der Waals surface area contributed by atoms with Gasteiger partial charge in [0.2, 0.25) is 0 Å². The quantitative estimate of drug-likeness (QED) is 0.894. The fourth-order valence-corrected chi connectivity index (χ4v) is 2.38. The first-order valence-corrected chi connectivity index (χ1v) is 6.38. The summed E-state index contributed by atoms with van der Waals surface area (Å²) in [5.74, 6) is 0. The van der Waals surface area contributed by atoms with Crippen molar-refractivity contribution < 1.29 is 9.84 Å². The molecule has 1 heterocycles. The zero-order valence-corrected chi connectivity index (χ0v) is 10.6. The molecule has 1 N–H and O–H groups in total. The molecule has 0 amide bonds. The van der Waals surface area contributed by atoms with E-state index in [0.29, 0.717) is 0 Å². The third-order valence-electron chi connectivity index (χ3n) is 3.04. The van der Waals surface area contributed by atoms with Crippen LogP contribution in [0.1, 0.15) is 18.1 Å². The molecule has 1 saturated heterocycles. The van der Waals surface area contributed by atoms with E-state index in [0.717, 1.165) is 43.2 Å². The Morgan fingerprint density at radius 2 is 2.24 bits per heavy atom. The van der Waals surface area contributed by atoms with E-state index in [9.17, 15) is 0 Å². The molecule has 3 nitrogen and oxygen atoms in total. The van der Waals surface area contributed by atoms with Crippen LogP contribution in [0.5, 0.6) is 0 Å². The zero-order chi connectivity index (χ0) is 12.1. The molecule has 0 saturated carbocycles. The van der Waals surface area contributed by atoms with Gasteiger partial charge in [-0.1, -0.05) is 29.8 Å². The summed E-state index contributed by atoms with van der Waals surface area (Å²) in [6, 6.07) is 7.82. The smallest absolute Gasteiger partial charge is 0.0966 e. The number of nitrogens with zero attached hydrogens (tertiary/aromatic N) is 1. The predicted octanol–water partition coefficient (Wildman–Crippen LogP) is 2.10. The predicted molar refractivity (Wildman–Crippen MR) is 68.3 cm³/mol. The normalized spacial score (nSPS) is 21.6. The molecule has 1 atom stereocenters. The van der Waals surface area contributed by atoms with Gasteiger partial charge in [-0.3, -0.25) is 4.90 Å². The summed E-state index contributed by atoms with van der Waals surface area (Å²) in [7, 11) is 0. The highest BCUT2D eigenvalue weighted by molar-refractivity contribution is 6.31. The average Bonchev–Trinajstić information content (AvgIpc) is 2.37. The lowest BCUT2D eigenvalue weighted by Crippen LogP contribution is -2.39. The van der Waals surface area contributed by atoms with E-state index < -0.39 is 0 Å². The van der Waals surface area contributed by atoms with E-state index in [4.69, 9.17) is 21.4 Å². The molecule has 1 fully saturated rings. The number of aliphatic hydroxyl groups excluding tert-OH is 1. The van der Waals surface area contributed by atoms with E-state index >= 15 is 0 Å². The van der Waals surface area contributed by atoms with Crippen molar-refractivity contribution >= 4 is 11.6 Å². The Bertz CT molecular complexity index is 359. The summed E-state index contributed by atoms with van der Waals surface area (Å²) < 4.78 is 5.77. The molecule has 1 unspecified atom stereocenters. The van der Waals surface area contributed by atoms with E-state index in [1.165, 1.54) is 0 Å². The highest BCUT2D eigenvalue weighted by Gasteiger charge is 2.22. The lowest BCUT2D eigenvalue weighted by molar-refractivity contribution is -0.0311. The van der Waals surface area contributed by atoms with Crippen LogP contribution in [0.4, 0.5) is 0 Å². The number of halogens is 1. The minimum Gasteiger partial charge on any atom is -0.396 e. The molecule has 0 radical (unpaired) electrons. The Kier molecular flexibility index (Phi) is 4.80. The molecule has 4 heteroatoms. The van der Waals surface area contributed by atoms with E-state index in [-0.39, 0.29) is 12.7 Å².